The van der Waals surface area contributed by atoms with Crippen LogP contribution >= 0.6 is 11.8 Å². The highest BCUT2D eigenvalue weighted by Crippen LogP contribution is 2.46. The van der Waals surface area contributed by atoms with Crippen molar-refractivity contribution in [2.24, 2.45) is 0 Å². The Morgan fingerprint density at radius 3 is 2.57 bits per heavy atom. The second-order valence-electron chi connectivity index (χ2n) is 6.50. The van der Waals surface area contributed by atoms with E-state index in [1.54, 1.807) is 6.20 Å². The van der Waals surface area contributed by atoms with Gasteiger partial charge in [0, 0.05) is 54.9 Å². The Hall–Kier alpha value is -1.43. The summed E-state index contributed by atoms with van der Waals surface area (Å²) in [7, 11) is 0. The largest absolute Gasteiger partial charge is 0.373 e. The highest BCUT2D eigenvalue weighted by Gasteiger charge is 2.49. The van der Waals surface area contributed by atoms with Gasteiger partial charge in [-0.15, -0.1) is 11.8 Å². The molecular weight excluding hydrogens is 306 g/mol. The van der Waals surface area contributed by atoms with Gasteiger partial charge >= 0.3 is 0 Å². The van der Waals surface area contributed by atoms with Gasteiger partial charge in [0.1, 0.15) is 0 Å². The van der Waals surface area contributed by atoms with E-state index in [9.17, 15) is 0 Å². The van der Waals surface area contributed by atoms with Gasteiger partial charge in [-0.05, 0) is 29.7 Å². The maximum absolute atomic E-state index is 6.08. The van der Waals surface area contributed by atoms with Crippen LogP contribution in [0.5, 0.6) is 0 Å². The van der Waals surface area contributed by atoms with E-state index in [1.165, 1.54) is 25.1 Å². The molecule has 2 aromatic heterocycles. The number of nitrogens with zero attached hydrogens (tertiary/aromatic N) is 3. The second kappa shape index (κ2) is 6.59. The van der Waals surface area contributed by atoms with Gasteiger partial charge in [0.2, 0.25) is 0 Å². The summed E-state index contributed by atoms with van der Waals surface area (Å²) >= 11 is 2.09. The van der Waals surface area contributed by atoms with Gasteiger partial charge in [-0.3, -0.25) is 14.9 Å². The number of ether oxygens (including phenoxy) is 1. The molecule has 1 unspecified atom stereocenters. The number of thioether (sulfide) groups is 1. The van der Waals surface area contributed by atoms with Gasteiger partial charge in [-0.25, -0.2) is 0 Å². The molecule has 0 aromatic carbocycles. The molecule has 0 aliphatic carbocycles. The maximum Gasteiger partial charge on any atom is 0.0736 e. The molecule has 0 radical (unpaired) electrons. The molecule has 4 nitrogen and oxygen atoms in total. The summed E-state index contributed by atoms with van der Waals surface area (Å²) in [6, 6.07) is 8.20. The SMILES string of the molecule is c1cncc(COC2CSC3(C2)CN(Cc2cccnc2)C3)c1. The van der Waals surface area contributed by atoms with E-state index in [2.05, 4.69) is 38.8 Å². The van der Waals surface area contributed by atoms with Gasteiger partial charge in [0.05, 0.1) is 12.7 Å². The van der Waals surface area contributed by atoms with Crippen molar-refractivity contribution in [2.75, 3.05) is 18.8 Å². The average molecular weight is 327 g/mol. The third-order valence-electron chi connectivity index (χ3n) is 4.54. The van der Waals surface area contributed by atoms with Crippen LogP contribution in [0.4, 0.5) is 0 Å². The Morgan fingerprint density at radius 1 is 1.13 bits per heavy atom. The van der Waals surface area contributed by atoms with Crippen molar-refractivity contribution in [2.45, 2.75) is 30.4 Å². The third-order valence-corrected chi connectivity index (χ3v) is 6.11. The van der Waals surface area contributed by atoms with Crippen LogP contribution in [0, 0.1) is 0 Å². The van der Waals surface area contributed by atoms with Gasteiger partial charge in [0.15, 0.2) is 0 Å². The van der Waals surface area contributed by atoms with Crippen LogP contribution < -0.4 is 0 Å². The second-order valence-corrected chi connectivity index (χ2v) is 7.99. The monoisotopic (exact) mass is 327 g/mol. The normalized spacial score (nSPS) is 23.0. The Morgan fingerprint density at radius 2 is 1.87 bits per heavy atom. The lowest BCUT2D eigenvalue weighted by Crippen LogP contribution is -2.58. The number of pyridine rings is 2. The van der Waals surface area contributed by atoms with Crippen LogP contribution in [0.15, 0.2) is 49.1 Å². The van der Waals surface area contributed by atoms with E-state index in [0.717, 1.165) is 17.9 Å². The molecule has 0 N–H and O–H groups in total. The van der Waals surface area contributed by atoms with Crippen LogP contribution in [0.25, 0.3) is 0 Å². The molecule has 1 atom stereocenters. The molecule has 1 spiro atoms. The Labute approximate surface area is 141 Å². The molecule has 5 heteroatoms. The van der Waals surface area contributed by atoms with Crippen LogP contribution in [-0.4, -0.2) is 44.6 Å². The summed E-state index contributed by atoms with van der Waals surface area (Å²) < 4.78 is 6.50. The summed E-state index contributed by atoms with van der Waals surface area (Å²) in [6.45, 7) is 4.02. The van der Waals surface area contributed by atoms with E-state index in [1.807, 2.05) is 30.7 Å². The van der Waals surface area contributed by atoms with E-state index in [-0.39, 0.29) is 0 Å². The summed E-state index contributed by atoms with van der Waals surface area (Å²) in [5.41, 5.74) is 2.46. The first kappa shape index (κ1) is 15.1. The van der Waals surface area contributed by atoms with Gasteiger partial charge in [-0.1, -0.05) is 12.1 Å². The molecule has 2 aliphatic rings. The fraction of sp³-hybridized carbons (Fsp3) is 0.444. The summed E-state index contributed by atoms with van der Waals surface area (Å²) in [4.78, 5) is 10.8. The molecule has 0 amide bonds. The highest BCUT2D eigenvalue weighted by atomic mass is 32.2. The lowest BCUT2D eigenvalue weighted by molar-refractivity contribution is 0.0263. The lowest BCUT2D eigenvalue weighted by atomic mass is 9.92. The van der Waals surface area contributed by atoms with Crippen molar-refractivity contribution >= 4 is 11.8 Å². The van der Waals surface area contributed by atoms with Crippen molar-refractivity contribution in [3.05, 3.63) is 60.2 Å². The minimum absolute atomic E-state index is 0.376. The van der Waals surface area contributed by atoms with Gasteiger partial charge in [0.25, 0.3) is 0 Å². The van der Waals surface area contributed by atoms with E-state index < -0.39 is 0 Å². The Balaban J connectivity index is 1.24. The molecule has 2 aromatic rings. The van der Waals surface area contributed by atoms with Crippen LogP contribution in [0.2, 0.25) is 0 Å². The number of hydrogen-bond acceptors (Lipinski definition) is 5. The fourth-order valence-electron chi connectivity index (χ4n) is 3.46. The van der Waals surface area contributed by atoms with Crippen molar-refractivity contribution < 1.29 is 4.74 Å². The van der Waals surface area contributed by atoms with Gasteiger partial charge in [-0.2, -0.15) is 0 Å². The first-order chi connectivity index (χ1) is 11.3. The molecule has 0 bridgehead atoms. The molecule has 4 rings (SSSR count). The maximum atomic E-state index is 6.08. The molecule has 120 valence electrons. The third kappa shape index (κ3) is 3.57. The first-order valence-corrected chi connectivity index (χ1v) is 9.06. The predicted octanol–water partition coefficient (Wildman–Crippen LogP) is 2.75. The van der Waals surface area contributed by atoms with Crippen LogP contribution in [0.3, 0.4) is 0 Å². The zero-order valence-corrected chi connectivity index (χ0v) is 13.9. The molecular formula is C18H21N3OS. The van der Waals surface area contributed by atoms with E-state index in [0.29, 0.717) is 17.5 Å². The first-order valence-electron chi connectivity index (χ1n) is 8.07. The number of rotatable bonds is 5. The fourth-order valence-corrected chi connectivity index (χ4v) is 5.06. The standard InChI is InChI=1S/C18H21N3OS/c1-3-15(8-19-5-1)10-21-13-18(14-21)7-17(12-23-18)22-11-16-4-2-6-20-9-16/h1-6,8-9,17H,7,10-14H2. The van der Waals surface area contributed by atoms with E-state index in [4.69, 9.17) is 4.74 Å². The quantitative estimate of drug-likeness (QED) is 0.844. The van der Waals surface area contributed by atoms with Crippen LogP contribution in [-0.2, 0) is 17.9 Å². The smallest absolute Gasteiger partial charge is 0.0736 e. The summed E-state index contributed by atoms with van der Waals surface area (Å²) in [6.07, 6.45) is 9.03. The van der Waals surface area contributed by atoms with E-state index >= 15 is 0 Å². The molecule has 2 saturated heterocycles. The van der Waals surface area contributed by atoms with Gasteiger partial charge < -0.3 is 4.74 Å². The predicted molar refractivity (Wildman–Crippen MR) is 92.1 cm³/mol. The molecule has 0 saturated carbocycles. The van der Waals surface area contributed by atoms with Crippen molar-refractivity contribution in [3.8, 4) is 0 Å². The minimum atomic E-state index is 0.376. The molecule has 2 fully saturated rings. The summed E-state index contributed by atoms with van der Waals surface area (Å²) in [5, 5.41) is 0. The number of likely N-dealkylation sites (tertiary alicyclic amines) is 1. The molecule has 4 heterocycles. The minimum Gasteiger partial charge on any atom is -0.373 e. The van der Waals surface area contributed by atoms with Crippen molar-refractivity contribution in [1.82, 2.24) is 14.9 Å². The molecule has 2 aliphatic heterocycles. The lowest BCUT2D eigenvalue weighted by Gasteiger charge is -2.47. The van der Waals surface area contributed by atoms with Crippen LogP contribution in [0.1, 0.15) is 17.5 Å². The molecule has 23 heavy (non-hydrogen) atoms. The number of hydrogen-bond donors (Lipinski definition) is 0. The Kier molecular flexibility index (Phi) is 4.33. The number of aromatic nitrogens is 2. The topological polar surface area (TPSA) is 38.2 Å². The highest BCUT2D eigenvalue weighted by molar-refractivity contribution is 8.01. The Bertz CT molecular complexity index is 631. The average Bonchev–Trinajstić information content (AvgIpc) is 2.99. The summed E-state index contributed by atoms with van der Waals surface area (Å²) in [5.74, 6) is 1.11. The zero-order chi connectivity index (χ0) is 15.5. The van der Waals surface area contributed by atoms with Crippen molar-refractivity contribution in [1.29, 1.82) is 0 Å². The zero-order valence-electron chi connectivity index (χ0n) is 13.1. The van der Waals surface area contributed by atoms with Crippen molar-refractivity contribution in [3.63, 3.8) is 0 Å².